The first-order valence-electron chi connectivity index (χ1n) is 6.10. The molecule has 2 rings (SSSR count). The number of hydrogen-bond donors (Lipinski definition) is 2. The lowest BCUT2D eigenvalue weighted by atomic mass is 9.91. The Bertz CT molecular complexity index is 348. The van der Waals surface area contributed by atoms with Gasteiger partial charge in [0.1, 0.15) is 0 Å². The summed E-state index contributed by atoms with van der Waals surface area (Å²) in [5, 5.41) is 13.4. The second kappa shape index (κ2) is 4.56. The van der Waals surface area contributed by atoms with Crippen molar-refractivity contribution >= 4 is 0 Å². The topological polar surface area (TPSA) is 32.3 Å². The van der Waals surface area contributed by atoms with Crippen molar-refractivity contribution in [2.24, 2.45) is 0 Å². The third-order valence-electron chi connectivity index (χ3n) is 3.11. The quantitative estimate of drug-likeness (QED) is 0.818. The molecule has 1 atom stereocenters. The summed E-state index contributed by atoms with van der Waals surface area (Å²) >= 11 is 0. The van der Waals surface area contributed by atoms with Gasteiger partial charge >= 0.3 is 0 Å². The Kier molecular flexibility index (Phi) is 3.31. The third-order valence-corrected chi connectivity index (χ3v) is 3.11. The fourth-order valence-electron chi connectivity index (χ4n) is 2.45. The molecule has 88 valence electrons. The third kappa shape index (κ3) is 2.83. The lowest BCUT2D eigenvalue weighted by Gasteiger charge is -2.22. The molecule has 2 heteroatoms. The number of benzene rings is 1. The molecule has 0 amide bonds. The maximum Gasteiger partial charge on any atom is 0.0632 e. The minimum absolute atomic E-state index is 0.485. The van der Waals surface area contributed by atoms with Gasteiger partial charge in [-0.1, -0.05) is 24.3 Å². The summed E-state index contributed by atoms with van der Waals surface area (Å²) in [5.74, 6) is 0. The van der Waals surface area contributed by atoms with Crippen molar-refractivity contribution < 1.29 is 5.11 Å². The zero-order chi connectivity index (χ0) is 11.6. The maximum atomic E-state index is 9.92. The fourth-order valence-corrected chi connectivity index (χ4v) is 2.45. The van der Waals surface area contributed by atoms with Crippen LogP contribution in [0.4, 0.5) is 0 Å². The van der Waals surface area contributed by atoms with E-state index in [1.54, 1.807) is 0 Å². The summed E-state index contributed by atoms with van der Waals surface area (Å²) in [7, 11) is 0. The van der Waals surface area contributed by atoms with Gasteiger partial charge in [0.15, 0.2) is 0 Å². The van der Waals surface area contributed by atoms with Crippen molar-refractivity contribution in [3.8, 4) is 0 Å². The number of rotatable bonds is 3. The molecule has 16 heavy (non-hydrogen) atoms. The van der Waals surface area contributed by atoms with Crippen molar-refractivity contribution in [3.63, 3.8) is 0 Å². The van der Waals surface area contributed by atoms with Gasteiger partial charge in [-0.25, -0.2) is 0 Å². The van der Waals surface area contributed by atoms with Gasteiger partial charge in [0.25, 0.3) is 0 Å². The summed E-state index contributed by atoms with van der Waals surface area (Å²) in [4.78, 5) is 0. The predicted octanol–water partition coefficient (Wildman–Crippen LogP) is 2.42. The average Bonchev–Trinajstić information content (AvgIpc) is 2.69. The zero-order valence-corrected chi connectivity index (χ0v) is 10.2. The highest BCUT2D eigenvalue weighted by Gasteiger charge is 2.21. The molecule has 1 aliphatic heterocycles. The average molecular weight is 219 g/mol. The molecule has 0 aromatic heterocycles. The van der Waals surface area contributed by atoms with Crippen molar-refractivity contribution in [1.82, 2.24) is 5.32 Å². The molecule has 1 fully saturated rings. The zero-order valence-electron chi connectivity index (χ0n) is 10.2. The van der Waals surface area contributed by atoms with E-state index in [1.807, 2.05) is 13.8 Å². The lowest BCUT2D eigenvalue weighted by molar-refractivity contribution is 0.0806. The van der Waals surface area contributed by atoms with Gasteiger partial charge in [0, 0.05) is 12.5 Å². The molecule has 0 saturated carbocycles. The largest absolute Gasteiger partial charge is 0.390 e. The summed E-state index contributed by atoms with van der Waals surface area (Å²) in [6.07, 6.45) is 3.19. The van der Waals surface area contributed by atoms with E-state index in [9.17, 15) is 5.11 Å². The van der Waals surface area contributed by atoms with Crippen LogP contribution in [0, 0.1) is 0 Å². The van der Waals surface area contributed by atoms with E-state index in [2.05, 4.69) is 29.6 Å². The molecule has 1 aromatic carbocycles. The fraction of sp³-hybridized carbons (Fsp3) is 0.571. The molecule has 0 spiro atoms. The van der Waals surface area contributed by atoms with Gasteiger partial charge in [-0.15, -0.1) is 0 Å². The minimum atomic E-state index is -0.630. The van der Waals surface area contributed by atoms with E-state index in [1.165, 1.54) is 24.0 Å². The SMILES string of the molecule is CC(C)(O)Cc1ccccc1C1CCCN1. The molecule has 0 aliphatic carbocycles. The lowest BCUT2D eigenvalue weighted by Crippen LogP contribution is -2.24. The molecule has 0 bridgehead atoms. The Morgan fingerprint density at radius 1 is 1.38 bits per heavy atom. The number of aliphatic hydroxyl groups is 1. The molecule has 1 unspecified atom stereocenters. The van der Waals surface area contributed by atoms with Crippen LogP contribution in [0.5, 0.6) is 0 Å². The van der Waals surface area contributed by atoms with E-state index in [0.717, 1.165) is 13.0 Å². The van der Waals surface area contributed by atoms with Gasteiger partial charge in [-0.05, 0) is 44.4 Å². The molecule has 1 heterocycles. The van der Waals surface area contributed by atoms with Gasteiger partial charge in [0.05, 0.1) is 5.60 Å². The smallest absolute Gasteiger partial charge is 0.0632 e. The van der Waals surface area contributed by atoms with E-state index in [-0.39, 0.29) is 0 Å². The first-order chi connectivity index (χ1) is 7.56. The van der Waals surface area contributed by atoms with Crippen LogP contribution < -0.4 is 5.32 Å². The highest BCUT2D eigenvalue weighted by Crippen LogP contribution is 2.27. The van der Waals surface area contributed by atoms with Crippen molar-refractivity contribution in [2.75, 3.05) is 6.54 Å². The first-order valence-corrected chi connectivity index (χ1v) is 6.10. The Morgan fingerprint density at radius 2 is 2.12 bits per heavy atom. The second-order valence-corrected chi connectivity index (χ2v) is 5.34. The van der Waals surface area contributed by atoms with Crippen molar-refractivity contribution in [3.05, 3.63) is 35.4 Å². The predicted molar refractivity (Wildman–Crippen MR) is 66.4 cm³/mol. The molecule has 2 nitrogen and oxygen atoms in total. The van der Waals surface area contributed by atoms with Crippen molar-refractivity contribution in [1.29, 1.82) is 0 Å². The molecule has 2 N–H and O–H groups in total. The molecular weight excluding hydrogens is 198 g/mol. The molecule has 0 radical (unpaired) electrons. The van der Waals surface area contributed by atoms with Gasteiger partial charge in [-0.3, -0.25) is 0 Å². The summed E-state index contributed by atoms with van der Waals surface area (Å²) in [5.41, 5.74) is 2.01. The Morgan fingerprint density at radius 3 is 2.75 bits per heavy atom. The number of hydrogen-bond acceptors (Lipinski definition) is 2. The van der Waals surface area contributed by atoms with E-state index in [0.29, 0.717) is 6.04 Å². The normalized spacial score (nSPS) is 21.3. The van der Waals surface area contributed by atoms with E-state index >= 15 is 0 Å². The Hall–Kier alpha value is -0.860. The van der Waals surface area contributed by atoms with Gasteiger partial charge in [-0.2, -0.15) is 0 Å². The van der Waals surface area contributed by atoms with E-state index in [4.69, 9.17) is 0 Å². The van der Waals surface area contributed by atoms with Crippen LogP contribution in [-0.4, -0.2) is 17.3 Å². The van der Waals surface area contributed by atoms with Gasteiger partial charge < -0.3 is 10.4 Å². The maximum absolute atomic E-state index is 9.92. The second-order valence-electron chi connectivity index (χ2n) is 5.34. The molecule has 1 aliphatic rings. The Labute approximate surface area is 97.7 Å². The van der Waals surface area contributed by atoms with Crippen LogP contribution in [0.2, 0.25) is 0 Å². The standard InChI is InChI=1S/C14H21NO/c1-14(2,16)10-11-6-3-4-7-12(11)13-8-5-9-15-13/h3-4,6-7,13,15-16H,5,8-10H2,1-2H3. The number of nitrogens with one attached hydrogen (secondary N) is 1. The van der Waals surface area contributed by atoms with E-state index < -0.39 is 5.60 Å². The van der Waals surface area contributed by atoms with Crippen LogP contribution in [0.1, 0.15) is 43.9 Å². The van der Waals surface area contributed by atoms with Crippen LogP contribution in [-0.2, 0) is 6.42 Å². The van der Waals surface area contributed by atoms with Crippen LogP contribution in [0.15, 0.2) is 24.3 Å². The Balaban J connectivity index is 2.23. The molecule has 1 saturated heterocycles. The van der Waals surface area contributed by atoms with Crippen LogP contribution >= 0.6 is 0 Å². The van der Waals surface area contributed by atoms with Crippen molar-refractivity contribution in [2.45, 2.75) is 44.8 Å². The van der Waals surface area contributed by atoms with Crippen LogP contribution in [0.25, 0.3) is 0 Å². The summed E-state index contributed by atoms with van der Waals surface area (Å²) in [6.45, 7) is 4.85. The summed E-state index contributed by atoms with van der Waals surface area (Å²) < 4.78 is 0. The molecule has 1 aromatic rings. The van der Waals surface area contributed by atoms with Crippen LogP contribution in [0.3, 0.4) is 0 Å². The highest BCUT2D eigenvalue weighted by atomic mass is 16.3. The monoisotopic (exact) mass is 219 g/mol. The molecular formula is C14H21NO. The summed E-state index contributed by atoms with van der Waals surface area (Å²) in [6, 6.07) is 8.94. The highest BCUT2D eigenvalue weighted by molar-refractivity contribution is 5.31. The first kappa shape index (κ1) is 11.6. The minimum Gasteiger partial charge on any atom is -0.390 e. The van der Waals surface area contributed by atoms with Gasteiger partial charge in [0.2, 0.25) is 0 Å².